The van der Waals surface area contributed by atoms with Crippen LogP contribution < -0.4 is 5.73 Å². The average Bonchev–Trinajstić information content (AvgIpc) is 2.64. The Morgan fingerprint density at radius 2 is 1.30 bits per heavy atom. The third-order valence-electron chi connectivity index (χ3n) is 4.85. The zero-order chi connectivity index (χ0) is 20.3. The van der Waals surface area contributed by atoms with Gasteiger partial charge in [-0.3, -0.25) is 4.79 Å². The Kier molecular flexibility index (Phi) is 17.4. The molecule has 0 saturated heterocycles. The Morgan fingerprint density at radius 1 is 0.815 bits per heavy atom. The van der Waals surface area contributed by atoms with E-state index < -0.39 is 18.0 Å². The Bertz CT molecular complexity index is 404. The number of rotatable bonds is 17. The molecule has 0 aromatic carbocycles. The molecule has 2 N–H and O–H groups in total. The van der Waals surface area contributed by atoms with E-state index in [1.54, 1.807) is 0 Å². The quantitative estimate of drug-likeness (QED) is 0.143. The maximum atomic E-state index is 11.6. The maximum Gasteiger partial charge on any atom is 0.330 e. The Morgan fingerprint density at radius 3 is 1.81 bits per heavy atom. The normalized spacial score (nSPS) is 12.6. The molecule has 0 aliphatic carbocycles. The van der Waals surface area contributed by atoms with Crippen molar-refractivity contribution >= 4 is 11.9 Å². The lowest BCUT2D eigenvalue weighted by molar-refractivity contribution is -0.161. The van der Waals surface area contributed by atoms with Crippen LogP contribution in [-0.2, 0) is 14.3 Å². The van der Waals surface area contributed by atoms with Crippen molar-refractivity contribution in [1.82, 2.24) is 0 Å². The van der Waals surface area contributed by atoms with Crippen LogP contribution in [-0.4, -0.2) is 18.0 Å². The molecule has 0 heterocycles. The van der Waals surface area contributed by atoms with Gasteiger partial charge in [0.2, 0.25) is 0 Å². The van der Waals surface area contributed by atoms with Crippen molar-refractivity contribution in [2.24, 2.45) is 11.7 Å². The van der Waals surface area contributed by atoms with Gasteiger partial charge >= 0.3 is 11.9 Å². The highest BCUT2D eigenvalue weighted by molar-refractivity contribution is 5.88. The predicted molar refractivity (Wildman–Crippen MR) is 113 cm³/mol. The molecule has 158 valence electrons. The van der Waals surface area contributed by atoms with Crippen molar-refractivity contribution < 1.29 is 14.3 Å². The molecule has 0 aromatic rings. The molecular weight excluding hydrogens is 338 g/mol. The molecule has 0 spiro atoms. The molecule has 0 bridgehead atoms. The van der Waals surface area contributed by atoms with Gasteiger partial charge in [0.1, 0.15) is 6.04 Å². The topological polar surface area (TPSA) is 69.4 Å². The second-order valence-electron chi connectivity index (χ2n) is 7.90. The van der Waals surface area contributed by atoms with E-state index in [1.165, 1.54) is 57.8 Å². The fourth-order valence-corrected chi connectivity index (χ4v) is 2.84. The van der Waals surface area contributed by atoms with Gasteiger partial charge in [-0.15, -0.1) is 0 Å². The van der Waals surface area contributed by atoms with Crippen LogP contribution in [0.25, 0.3) is 0 Å². The summed E-state index contributed by atoms with van der Waals surface area (Å²) in [6.45, 7) is 5.92. The lowest BCUT2D eigenvalue weighted by Gasteiger charge is -2.13. The van der Waals surface area contributed by atoms with Crippen LogP contribution in [0.3, 0.4) is 0 Å². The summed E-state index contributed by atoms with van der Waals surface area (Å²) in [5.41, 5.74) is 5.66. The first kappa shape index (κ1) is 25.8. The minimum absolute atomic E-state index is 0.0230. The molecule has 1 atom stereocenters. The van der Waals surface area contributed by atoms with E-state index >= 15 is 0 Å². The van der Waals surface area contributed by atoms with Crippen LogP contribution in [0.2, 0.25) is 0 Å². The van der Waals surface area contributed by atoms with Gasteiger partial charge in [-0.05, 0) is 38.0 Å². The first-order valence-corrected chi connectivity index (χ1v) is 11.1. The van der Waals surface area contributed by atoms with Crippen molar-refractivity contribution in [3.8, 4) is 0 Å². The summed E-state index contributed by atoms with van der Waals surface area (Å²) in [6.07, 6.45) is 20.8. The van der Waals surface area contributed by atoms with Crippen LogP contribution >= 0.6 is 0 Å². The summed E-state index contributed by atoms with van der Waals surface area (Å²) in [4.78, 5) is 23.2. The van der Waals surface area contributed by atoms with Crippen molar-refractivity contribution in [2.75, 3.05) is 0 Å². The molecule has 27 heavy (non-hydrogen) atoms. The lowest BCUT2D eigenvalue weighted by Crippen LogP contribution is -2.38. The second-order valence-corrected chi connectivity index (χ2v) is 7.90. The molecule has 1 unspecified atom stereocenters. The number of esters is 2. The predicted octanol–water partition coefficient (Wildman–Crippen LogP) is 6.08. The number of unbranched alkanes of at least 4 members (excludes halogenated alkanes) is 11. The van der Waals surface area contributed by atoms with Crippen LogP contribution in [0.4, 0.5) is 0 Å². The van der Waals surface area contributed by atoms with Gasteiger partial charge in [-0.2, -0.15) is 0 Å². The molecule has 0 aliphatic rings. The minimum atomic E-state index is -0.719. The standard InChI is InChI=1S/C23H43NO3/c1-4-5-6-7-8-9-10-11-12-13-14-15-16-17-18-19-21(25)27-23(26)22(24)20(2)3/h11-12,20,22H,4-10,13-19,24H2,1-3H3/b12-11-. The van der Waals surface area contributed by atoms with E-state index in [0.717, 1.165) is 25.7 Å². The Labute approximate surface area is 167 Å². The van der Waals surface area contributed by atoms with Crippen LogP contribution in [0.1, 0.15) is 111 Å². The van der Waals surface area contributed by atoms with E-state index in [4.69, 9.17) is 10.5 Å². The van der Waals surface area contributed by atoms with Crippen LogP contribution in [0.5, 0.6) is 0 Å². The van der Waals surface area contributed by atoms with Gasteiger partial charge in [0.25, 0.3) is 0 Å². The van der Waals surface area contributed by atoms with E-state index in [0.29, 0.717) is 6.42 Å². The highest BCUT2D eigenvalue weighted by atomic mass is 16.6. The molecule has 0 radical (unpaired) electrons. The molecule has 0 aromatic heterocycles. The number of carbonyl (C=O) groups excluding carboxylic acids is 2. The SMILES string of the molecule is CCCCCCCC/C=C\CCCCCCCC(=O)OC(=O)C(N)C(C)C. The highest BCUT2D eigenvalue weighted by Gasteiger charge is 2.21. The second kappa shape index (κ2) is 18.2. The van der Waals surface area contributed by atoms with Crippen molar-refractivity contribution in [3.05, 3.63) is 12.2 Å². The first-order chi connectivity index (χ1) is 13.0. The first-order valence-electron chi connectivity index (χ1n) is 11.1. The number of hydrogen-bond donors (Lipinski definition) is 1. The van der Waals surface area contributed by atoms with Gasteiger partial charge in [0.05, 0.1) is 0 Å². The van der Waals surface area contributed by atoms with Gasteiger partial charge in [-0.25, -0.2) is 4.79 Å². The fourth-order valence-electron chi connectivity index (χ4n) is 2.84. The molecular formula is C23H43NO3. The number of nitrogens with two attached hydrogens (primary N) is 1. The largest absolute Gasteiger partial charge is 0.392 e. The van der Waals surface area contributed by atoms with Gasteiger partial charge in [0.15, 0.2) is 0 Å². The Hall–Kier alpha value is -1.16. The van der Waals surface area contributed by atoms with E-state index in [1.807, 2.05) is 13.8 Å². The van der Waals surface area contributed by atoms with Crippen molar-refractivity contribution in [3.63, 3.8) is 0 Å². The third-order valence-corrected chi connectivity index (χ3v) is 4.85. The van der Waals surface area contributed by atoms with Crippen LogP contribution in [0, 0.1) is 5.92 Å². The zero-order valence-corrected chi connectivity index (χ0v) is 18.0. The summed E-state index contributed by atoms with van der Waals surface area (Å²) >= 11 is 0. The van der Waals surface area contributed by atoms with E-state index in [2.05, 4.69) is 19.1 Å². The van der Waals surface area contributed by atoms with Gasteiger partial charge in [-0.1, -0.05) is 84.3 Å². The summed E-state index contributed by atoms with van der Waals surface area (Å²) in [6, 6.07) is -0.719. The number of carbonyl (C=O) groups is 2. The zero-order valence-electron chi connectivity index (χ0n) is 18.0. The smallest absolute Gasteiger partial charge is 0.330 e. The summed E-state index contributed by atoms with van der Waals surface area (Å²) in [5.74, 6) is -1.08. The summed E-state index contributed by atoms with van der Waals surface area (Å²) in [7, 11) is 0. The average molecular weight is 382 g/mol. The number of hydrogen-bond acceptors (Lipinski definition) is 4. The number of ether oxygens (including phenoxy) is 1. The number of allylic oxidation sites excluding steroid dienone is 2. The van der Waals surface area contributed by atoms with Crippen molar-refractivity contribution in [1.29, 1.82) is 0 Å². The molecule has 0 rings (SSSR count). The van der Waals surface area contributed by atoms with Crippen molar-refractivity contribution in [2.45, 2.75) is 117 Å². The van der Waals surface area contributed by atoms with Gasteiger partial charge < -0.3 is 10.5 Å². The lowest BCUT2D eigenvalue weighted by atomic mass is 10.1. The highest BCUT2D eigenvalue weighted by Crippen LogP contribution is 2.10. The van der Waals surface area contributed by atoms with Gasteiger partial charge in [0, 0.05) is 6.42 Å². The summed E-state index contributed by atoms with van der Waals surface area (Å²) < 4.78 is 4.78. The van der Waals surface area contributed by atoms with Crippen LogP contribution in [0.15, 0.2) is 12.2 Å². The van der Waals surface area contributed by atoms with E-state index in [-0.39, 0.29) is 5.92 Å². The molecule has 4 nitrogen and oxygen atoms in total. The summed E-state index contributed by atoms with van der Waals surface area (Å²) in [5, 5.41) is 0. The fraction of sp³-hybridized carbons (Fsp3) is 0.826. The molecule has 4 heteroatoms. The monoisotopic (exact) mass is 381 g/mol. The molecule has 0 amide bonds. The van der Waals surface area contributed by atoms with E-state index in [9.17, 15) is 9.59 Å². The third kappa shape index (κ3) is 16.7. The molecule has 0 aliphatic heterocycles. The molecule has 0 fully saturated rings. The maximum absolute atomic E-state index is 11.6. The molecule has 0 saturated carbocycles. The minimum Gasteiger partial charge on any atom is -0.392 e. The Balaban J connectivity index is 3.41.